The first-order valence-corrected chi connectivity index (χ1v) is 13.5. The molecule has 2 aromatic carbocycles. The van der Waals surface area contributed by atoms with E-state index >= 15 is 0 Å². The SMILES string of the molecule is CCCl.CN(C)Cc1c(O)c(Br)cc2c1c(C(=O)O)c(CSc1cccc(C(F)(F)F)c1)n2C1CC1. The number of alkyl halides is 4. The molecule has 0 aliphatic heterocycles. The number of carboxylic acids is 1. The standard InChI is InChI=1S/C23H22BrF3N2O3S.C2H5Cl/c1-28(2)10-15-19-17(9-16(24)21(15)30)29(13-6-7-13)18(20(19)22(31)32)11-33-14-5-3-4-12(8-14)23(25,26)27;1-2-3/h3-5,8-9,13,30H,6-7,10-11H2,1-2H3,(H,31,32);2H2,1H3. The fourth-order valence-electron chi connectivity index (χ4n) is 4.06. The van der Waals surface area contributed by atoms with Crippen LogP contribution in [0.4, 0.5) is 13.2 Å². The van der Waals surface area contributed by atoms with E-state index in [1.54, 1.807) is 12.1 Å². The summed E-state index contributed by atoms with van der Waals surface area (Å²) in [6, 6.07) is 6.89. The van der Waals surface area contributed by atoms with Crippen LogP contribution >= 0.6 is 39.3 Å². The van der Waals surface area contributed by atoms with E-state index in [1.165, 1.54) is 17.8 Å². The third-order valence-electron chi connectivity index (χ3n) is 5.56. The molecule has 1 saturated carbocycles. The number of carboxylic acid groups (broad SMARTS) is 1. The summed E-state index contributed by atoms with van der Waals surface area (Å²) in [6.07, 6.45) is -2.66. The number of hydrogen-bond acceptors (Lipinski definition) is 4. The van der Waals surface area contributed by atoms with Crippen molar-refractivity contribution in [2.45, 2.75) is 49.2 Å². The summed E-state index contributed by atoms with van der Waals surface area (Å²) in [5.41, 5.74) is 1.11. The van der Waals surface area contributed by atoms with E-state index in [9.17, 15) is 28.2 Å². The van der Waals surface area contributed by atoms with Crippen molar-refractivity contribution < 1.29 is 28.2 Å². The molecule has 1 fully saturated rings. The van der Waals surface area contributed by atoms with Gasteiger partial charge in [0.05, 0.1) is 21.1 Å². The summed E-state index contributed by atoms with van der Waals surface area (Å²) in [6.45, 7) is 2.22. The van der Waals surface area contributed by atoms with E-state index in [1.807, 2.05) is 30.5 Å². The maximum absolute atomic E-state index is 13.1. The summed E-state index contributed by atoms with van der Waals surface area (Å²) < 4.78 is 41.8. The number of carbonyl (C=O) groups is 1. The van der Waals surface area contributed by atoms with Crippen LogP contribution < -0.4 is 0 Å². The van der Waals surface area contributed by atoms with Crippen molar-refractivity contribution in [2.24, 2.45) is 0 Å². The van der Waals surface area contributed by atoms with Gasteiger partial charge in [-0.3, -0.25) is 0 Å². The second-order valence-corrected chi connectivity index (χ2v) is 11.1. The van der Waals surface area contributed by atoms with Gasteiger partial charge in [-0.25, -0.2) is 4.79 Å². The van der Waals surface area contributed by atoms with Crippen LogP contribution in [0.3, 0.4) is 0 Å². The van der Waals surface area contributed by atoms with Crippen LogP contribution in [0.25, 0.3) is 10.9 Å². The Hall–Kier alpha value is -1.88. The first-order chi connectivity index (χ1) is 16.9. The Bertz CT molecular complexity index is 1260. The second-order valence-electron chi connectivity index (χ2n) is 8.63. The molecular weight excluding hydrogens is 581 g/mol. The molecule has 5 nitrogen and oxygen atoms in total. The highest BCUT2D eigenvalue weighted by atomic mass is 79.9. The molecule has 11 heteroatoms. The van der Waals surface area contributed by atoms with Gasteiger partial charge in [-0.1, -0.05) is 13.0 Å². The third kappa shape index (κ3) is 6.33. The van der Waals surface area contributed by atoms with Gasteiger partial charge >= 0.3 is 12.1 Å². The minimum Gasteiger partial charge on any atom is -0.506 e. The van der Waals surface area contributed by atoms with Gasteiger partial charge in [0.15, 0.2) is 0 Å². The number of fused-ring (bicyclic) bond motifs is 1. The molecule has 1 aromatic heterocycles. The molecule has 1 heterocycles. The molecule has 1 aliphatic rings. The number of phenols is 1. The fourth-order valence-corrected chi connectivity index (χ4v) is 5.49. The largest absolute Gasteiger partial charge is 0.506 e. The van der Waals surface area contributed by atoms with Gasteiger partial charge in [-0.15, -0.1) is 23.4 Å². The molecule has 3 aromatic rings. The third-order valence-corrected chi connectivity index (χ3v) is 7.17. The normalized spacial score (nSPS) is 13.7. The first-order valence-electron chi connectivity index (χ1n) is 11.2. The molecule has 196 valence electrons. The number of aromatic carboxylic acids is 1. The van der Waals surface area contributed by atoms with E-state index in [4.69, 9.17) is 11.6 Å². The van der Waals surface area contributed by atoms with Crippen molar-refractivity contribution in [3.05, 3.63) is 57.2 Å². The van der Waals surface area contributed by atoms with Crippen molar-refractivity contribution in [3.8, 4) is 5.75 Å². The number of phenolic OH excluding ortho intramolecular Hbond substituents is 1. The lowest BCUT2D eigenvalue weighted by atomic mass is 10.0. The van der Waals surface area contributed by atoms with Crippen LogP contribution in [0.15, 0.2) is 39.7 Å². The Morgan fingerprint density at radius 3 is 2.44 bits per heavy atom. The van der Waals surface area contributed by atoms with Gasteiger partial charge < -0.3 is 19.7 Å². The molecule has 36 heavy (non-hydrogen) atoms. The molecule has 1 aliphatic carbocycles. The van der Waals surface area contributed by atoms with Crippen molar-refractivity contribution >= 4 is 56.2 Å². The molecule has 0 saturated heterocycles. The van der Waals surface area contributed by atoms with Crippen LogP contribution in [0.5, 0.6) is 5.75 Å². The van der Waals surface area contributed by atoms with Crippen LogP contribution in [0.1, 0.15) is 53.0 Å². The van der Waals surface area contributed by atoms with Crippen LogP contribution in [-0.2, 0) is 18.5 Å². The van der Waals surface area contributed by atoms with Gasteiger partial charge in [0.1, 0.15) is 5.75 Å². The average Bonchev–Trinajstić information content (AvgIpc) is 3.57. The lowest BCUT2D eigenvalue weighted by Crippen LogP contribution is -2.12. The summed E-state index contributed by atoms with van der Waals surface area (Å²) >= 11 is 9.56. The lowest BCUT2D eigenvalue weighted by Gasteiger charge is -2.15. The molecule has 0 spiro atoms. The number of benzene rings is 2. The topological polar surface area (TPSA) is 65.7 Å². The second kappa shape index (κ2) is 11.7. The van der Waals surface area contributed by atoms with E-state index in [0.717, 1.165) is 30.9 Å². The van der Waals surface area contributed by atoms with Gasteiger partial charge in [-0.2, -0.15) is 13.2 Å². The molecular formula is C25H27BrClF3N2O3S. The van der Waals surface area contributed by atoms with Gasteiger partial charge in [0, 0.05) is 45.8 Å². The number of nitrogens with zero attached hydrogens (tertiary/aromatic N) is 2. The molecule has 0 amide bonds. The lowest BCUT2D eigenvalue weighted by molar-refractivity contribution is -0.137. The molecule has 0 unspecified atom stereocenters. The molecule has 0 radical (unpaired) electrons. The van der Waals surface area contributed by atoms with Gasteiger partial charge in [0.25, 0.3) is 0 Å². The number of thioether (sulfide) groups is 1. The zero-order valence-electron chi connectivity index (χ0n) is 20.0. The average molecular weight is 608 g/mol. The van der Waals surface area contributed by atoms with E-state index in [-0.39, 0.29) is 23.1 Å². The van der Waals surface area contributed by atoms with E-state index < -0.39 is 17.7 Å². The molecule has 0 atom stereocenters. The maximum atomic E-state index is 13.1. The van der Waals surface area contributed by atoms with Gasteiger partial charge in [-0.05, 0) is 67.1 Å². The number of aromatic hydroxyl groups is 1. The summed E-state index contributed by atoms with van der Waals surface area (Å²) in [4.78, 5) is 14.7. The molecule has 4 rings (SSSR count). The van der Waals surface area contributed by atoms with E-state index in [0.29, 0.717) is 38.1 Å². The Balaban J connectivity index is 0.00000115. The fraction of sp³-hybridized carbons (Fsp3) is 0.400. The zero-order valence-corrected chi connectivity index (χ0v) is 23.2. The summed E-state index contributed by atoms with van der Waals surface area (Å²) in [5, 5.41) is 21.4. The number of aromatic nitrogens is 1. The first kappa shape index (κ1) is 28.7. The Morgan fingerprint density at radius 2 is 1.92 bits per heavy atom. The van der Waals surface area contributed by atoms with E-state index in [2.05, 4.69) is 15.9 Å². The van der Waals surface area contributed by atoms with Crippen molar-refractivity contribution in [1.82, 2.24) is 9.47 Å². The predicted octanol–water partition coefficient (Wildman–Crippen LogP) is 7.76. The van der Waals surface area contributed by atoms with Gasteiger partial charge in [0.2, 0.25) is 0 Å². The minimum absolute atomic E-state index is 0.0104. The van der Waals surface area contributed by atoms with Crippen molar-refractivity contribution in [1.29, 1.82) is 0 Å². The smallest absolute Gasteiger partial charge is 0.416 e. The summed E-state index contributed by atoms with van der Waals surface area (Å²) in [7, 11) is 3.66. The number of hydrogen-bond donors (Lipinski definition) is 2. The van der Waals surface area contributed by atoms with Crippen molar-refractivity contribution in [2.75, 3.05) is 20.0 Å². The molecule has 0 bridgehead atoms. The highest BCUT2D eigenvalue weighted by Crippen LogP contribution is 2.47. The Morgan fingerprint density at radius 1 is 1.28 bits per heavy atom. The van der Waals surface area contributed by atoms with Crippen LogP contribution in [0.2, 0.25) is 0 Å². The number of halogens is 5. The highest BCUT2D eigenvalue weighted by Gasteiger charge is 2.34. The van der Waals surface area contributed by atoms with Crippen LogP contribution in [0, 0.1) is 0 Å². The summed E-state index contributed by atoms with van der Waals surface area (Å²) in [5.74, 6) is -0.224. The highest BCUT2D eigenvalue weighted by molar-refractivity contribution is 9.10. The monoisotopic (exact) mass is 606 g/mol. The number of rotatable bonds is 7. The Kier molecular flexibility index (Phi) is 9.30. The molecule has 2 N–H and O–H groups in total. The van der Waals surface area contributed by atoms with Crippen molar-refractivity contribution in [3.63, 3.8) is 0 Å². The minimum atomic E-state index is -4.45. The predicted molar refractivity (Wildman–Crippen MR) is 141 cm³/mol. The van der Waals surface area contributed by atoms with Crippen LogP contribution in [-0.4, -0.2) is 45.6 Å². The zero-order chi connectivity index (χ0) is 26.8. The maximum Gasteiger partial charge on any atom is 0.416 e. The quantitative estimate of drug-likeness (QED) is 0.212. The Labute approximate surface area is 225 Å².